The van der Waals surface area contributed by atoms with Crippen LogP contribution in [0.25, 0.3) is 11.0 Å². The zero-order valence-electron chi connectivity index (χ0n) is 12.1. The van der Waals surface area contributed by atoms with E-state index in [9.17, 15) is 9.59 Å². The number of esters is 1. The van der Waals surface area contributed by atoms with Crippen molar-refractivity contribution in [2.75, 3.05) is 12.4 Å². The van der Waals surface area contributed by atoms with E-state index in [1.54, 1.807) is 18.2 Å². The summed E-state index contributed by atoms with van der Waals surface area (Å²) in [6, 6.07) is 13.5. The maximum Gasteiger partial charge on any atom is 0.339 e. The number of furan rings is 1. The number of carbonyl (C=O) groups excluding carboxylic acids is 2. The van der Waals surface area contributed by atoms with Crippen LogP contribution >= 0.6 is 11.6 Å². The van der Waals surface area contributed by atoms with Gasteiger partial charge < -0.3 is 14.5 Å². The Morgan fingerprint density at radius 2 is 1.91 bits per heavy atom. The molecule has 0 saturated heterocycles. The first-order chi connectivity index (χ1) is 11.1. The Morgan fingerprint density at radius 3 is 2.65 bits per heavy atom. The van der Waals surface area contributed by atoms with Gasteiger partial charge in [-0.25, -0.2) is 4.79 Å². The molecule has 0 aliphatic rings. The summed E-state index contributed by atoms with van der Waals surface area (Å²) < 4.78 is 10.1. The lowest BCUT2D eigenvalue weighted by molar-refractivity contribution is 0.0600. The molecule has 1 N–H and O–H groups in total. The van der Waals surface area contributed by atoms with E-state index in [1.165, 1.54) is 19.2 Å². The maximum atomic E-state index is 12.3. The van der Waals surface area contributed by atoms with Gasteiger partial charge in [0.25, 0.3) is 5.91 Å². The summed E-state index contributed by atoms with van der Waals surface area (Å²) in [6.45, 7) is 0. The standard InChI is InChI=1S/C17H12ClNO4/c1-22-17(21)12-9-11(6-7-13(12)18)19-16(20)15-8-10-4-2-3-5-14(10)23-15/h2-9H,1H3,(H,19,20). The highest BCUT2D eigenvalue weighted by Crippen LogP contribution is 2.23. The average Bonchev–Trinajstić information content (AvgIpc) is 3.00. The smallest absolute Gasteiger partial charge is 0.339 e. The number of rotatable bonds is 3. The minimum absolute atomic E-state index is 0.177. The molecule has 2 aromatic carbocycles. The summed E-state index contributed by atoms with van der Waals surface area (Å²) in [4.78, 5) is 23.9. The van der Waals surface area contributed by atoms with Crippen molar-refractivity contribution in [3.8, 4) is 0 Å². The van der Waals surface area contributed by atoms with Gasteiger partial charge in [-0.05, 0) is 30.3 Å². The van der Waals surface area contributed by atoms with Crippen molar-refractivity contribution in [2.24, 2.45) is 0 Å². The molecule has 0 radical (unpaired) electrons. The van der Waals surface area contributed by atoms with Crippen LogP contribution in [0.15, 0.2) is 52.9 Å². The molecule has 1 amide bonds. The first-order valence-corrected chi connectivity index (χ1v) is 7.14. The van der Waals surface area contributed by atoms with Crippen LogP contribution in [0, 0.1) is 0 Å². The third kappa shape index (κ3) is 3.05. The molecular weight excluding hydrogens is 318 g/mol. The Kier molecular flexibility index (Phi) is 4.04. The topological polar surface area (TPSA) is 68.5 Å². The second kappa shape index (κ2) is 6.14. The van der Waals surface area contributed by atoms with E-state index in [0.29, 0.717) is 11.3 Å². The second-order valence-electron chi connectivity index (χ2n) is 4.79. The van der Waals surface area contributed by atoms with Crippen molar-refractivity contribution in [3.63, 3.8) is 0 Å². The molecule has 0 unspecified atom stereocenters. The number of nitrogens with one attached hydrogen (secondary N) is 1. The Labute approximate surface area is 136 Å². The maximum absolute atomic E-state index is 12.3. The number of amides is 1. The lowest BCUT2D eigenvalue weighted by Gasteiger charge is -2.07. The number of hydrogen-bond acceptors (Lipinski definition) is 4. The van der Waals surface area contributed by atoms with Gasteiger partial charge in [0.15, 0.2) is 5.76 Å². The lowest BCUT2D eigenvalue weighted by atomic mass is 10.2. The number of hydrogen-bond donors (Lipinski definition) is 1. The summed E-state index contributed by atoms with van der Waals surface area (Å²) >= 11 is 5.94. The van der Waals surface area contributed by atoms with E-state index in [1.807, 2.05) is 18.2 Å². The van der Waals surface area contributed by atoms with E-state index in [4.69, 9.17) is 16.0 Å². The van der Waals surface area contributed by atoms with Gasteiger partial charge in [0.1, 0.15) is 5.58 Å². The average molecular weight is 330 g/mol. The van der Waals surface area contributed by atoms with Gasteiger partial charge >= 0.3 is 5.97 Å². The van der Waals surface area contributed by atoms with Gasteiger partial charge in [-0.15, -0.1) is 0 Å². The van der Waals surface area contributed by atoms with Crippen molar-refractivity contribution in [1.82, 2.24) is 0 Å². The molecular formula is C17H12ClNO4. The molecule has 1 aromatic heterocycles. The largest absolute Gasteiger partial charge is 0.465 e. The highest BCUT2D eigenvalue weighted by Gasteiger charge is 2.15. The predicted octanol–water partition coefficient (Wildman–Crippen LogP) is 4.13. The monoisotopic (exact) mass is 329 g/mol. The van der Waals surface area contributed by atoms with Crippen LogP contribution in [-0.2, 0) is 4.74 Å². The third-order valence-corrected chi connectivity index (χ3v) is 3.61. The molecule has 5 nitrogen and oxygen atoms in total. The van der Waals surface area contributed by atoms with Crippen molar-refractivity contribution in [2.45, 2.75) is 0 Å². The number of carbonyl (C=O) groups is 2. The molecule has 0 fully saturated rings. The van der Waals surface area contributed by atoms with Crippen LogP contribution in [0.2, 0.25) is 5.02 Å². The molecule has 3 rings (SSSR count). The molecule has 3 aromatic rings. The molecule has 0 aliphatic heterocycles. The zero-order valence-corrected chi connectivity index (χ0v) is 12.9. The molecule has 6 heteroatoms. The summed E-state index contributed by atoms with van der Waals surface area (Å²) in [6.07, 6.45) is 0. The molecule has 0 bridgehead atoms. The van der Waals surface area contributed by atoms with Gasteiger partial charge in [0.05, 0.1) is 17.7 Å². The van der Waals surface area contributed by atoms with E-state index < -0.39 is 11.9 Å². The number of halogens is 1. The van der Waals surface area contributed by atoms with Gasteiger partial charge in [0, 0.05) is 11.1 Å². The van der Waals surface area contributed by atoms with Crippen molar-refractivity contribution in [3.05, 3.63) is 64.9 Å². The molecule has 1 heterocycles. The Balaban J connectivity index is 1.86. The molecule has 0 spiro atoms. The summed E-state index contributed by atoms with van der Waals surface area (Å²) in [5.41, 5.74) is 1.22. The van der Waals surface area contributed by atoms with Gasteiger partial charge in [-0.2, -0.15) is 0 Å². The SMILES string of the molecule is COC(=O)c1cc(NC(=O)c2cc3ccccc3o2)ccc1Cl. The van der Waals surface area contributed by atoms with Gasteiger partial charge in [-0.3, -0.25) is 4.79 Å². The molecule has 116 valence electrons. The molecule has 0 saturated carbocycles. The van der Waals surface area contributed by atoms with Crippen LogP contribution in [0.1, 0.15) is 20.9 Å². The minimum atomic E-state index is -0.574. The Morgan fingerprint density at radius 1 is 1.13 bits per heavy atom. The fourth-order valence-electron chi connectivity index (χ4n) is 2.16. The lowest BCUT2D eigenvalue weighted by Crippen LogP contribution is -2.12. The van der Waals surface area contributed by atoms with E-state index in [-0.39, 0.29) is 16.3 Å². The highest BCUT2D eigenvalue weighted by atomic mass is 35.5. The Bertz CT molecular complexity index is 867. The molecule has 0 aliphatic carbocycles. The first kappa shape index (κ1) is 15.1. The number of anilines is 1. The van der Waals surface area contributed by atoms with Crippen LogP contribution < -0.4 is 5.32 Å². The quantitative estimate of drug-likeness (QED) is 0.734. The fraction of sp³-hybridized carbons (Fsp3) is 0.0588. The van der Waals surface area contributed by atoms with E-state index in [2.05, 4.69) is 10.1 Å². The summed E-state index contributed by atoms with van der Waals surface area (Å²) in [7, 11) is 1.26. The van der Waals surface area contributed by atoms with Crippen molar-refractivity contribution < 1.29 is 18.7 Å². The minimum Gasteiger partial charge on any atom is -0.465 e. The van der Waals surface area contributed by atoms with Crippen LogP contribution in [0.3, 0.4) is 0 Å². The number of benzene rings is 2. The van der Waals surface area contributed by atoms with Crippen LogP contribution in [0.5, 0.6) is 0 Å². The second-order valence-corrected chi connectivity index (χ2v) is 5.20. The van der Waals surface area contributed by atoms with Gasteiger partial charge in [0.2, 0.25) is 0 Å². The van der Waals surface area contributed by atoms with Crippen LogP contribution in [-0.4, -0.2) is 19.0 Å². The fourth-order valence-corrected chi connectivity index (χ4v) is 2.35. The highest BCUT2D eigenvalue weighted by molar-refractivity contribution is 6.33. The first-order valence-electron chi connectivity index (χ1n) is 6.76. The number of para-hydroxylation sites is 1. The number of methoxy groups -OCH3 is 1. The van der Waals surface area contributed by atoms with Gasteiger partial charge in [-0.1, -0.05) is 29.8 Å². The third-order valence-electron chi connectivity index (χ3n) is 3.28. The van der Waals surface area contributed by atoms with E-state index in [0.717, 1.165) is 5.39 Å². The zero-order chi connectivity index (χ0) is 16.4. The Hall–Kier alpha value is -2.79. The molecule has 23 heavy (non-hydrogen) atoms. The van der Waals surface area contributed by atoms with Crippen molar-refractivity contribution in [1.29, 1.82) is 0 Å². The number of ether oxygens (including phenoxy) is 1. The number of fused-ring (bicyclic) bond motifs is 1. The van der Waals surface area contributed by atoms with E-state index >= 15 is 0 Å². The molecule has 0 atom stereocenters. The summed E-state index contributed by atoms with van der Waals surface area (Å²) in [5, 5.41) is 3.75. The van der Waals surface area contributed by atoms with Crippen molar-refractivity contribution >= 4 is 40.1 Å². The summed E-state index contributed by atoms with van der Waals surface area (Å²) in [5.74, 6) is -0.810. The normalized spacial score (nSPS) is 10.5. The predicted molar refractivity (Wildman–Crippen MR) is 87.0 cm³/mol. The van der Waals surface area contributed by atoms with Crippen LogP contribution in [0.4, 0.5) is 5.69 Å².